The minimum absolute atomic E-state index is 0.149. The highest BCUT2D eigenvalue weighted by Crippen LogP contribution is 2.20. The van der Waals surface area contributed by atoms with Crippen molar-refractivity contribution in [3.8, 4) is 0 Å². The molecule has 6 heteroatoms. The normalized spacial score (nSPS) is 20.6. The first kappa shape index (κ1) is 10.5. The predicted molar refractivity (Wildman–Crippen MR) is 55.8 cm³/mol. The van der Waals surface area contributed by atoms with Gasteiger partial charge in [-0.05, 0) is 0 Å². The lowest BCUT2D eigenvalue weighted by atomic mass is 10.1. The Morgan fingerprint density at radius 1 is 1.44 bits per heavy atom. The molecule has 84 valence electrons. The van der Waals surface area contributed by atoms with Crippen LogP contribution in [-0.2, 0) is 16.1 Å². The van der Waals surface area contributed by atoms with E-state index in [1.165, 1.54) is 17.3 Å². The smallest absolute Gasteiger partial charge is 0.232 e. The van der Waals surface area contributed by atoms with Crippen LogP contribution in [0.4, 0.5) is 5.82 Å². The van der Waals surface area contributed by atoms with Crippen LogP contribution in [0.5, 0.6) is 0 Å². The number of hydrogen-bond donors (Lipinski definition) is 1. The molecular formula is C10H12N4O2. The molecule has 0 bridgehead atoms. The average Bonchev–Trinajstić information content (AvgIpc) is 2.48. The molecule has 0 spiro atoms. The average molecular weight is 220 g/mol. The molecule has 0 aromatic carbocycles. The Balaban J connectivity index is 2.13. The molecule has 1 atom stereocenters. The van der Waals surface area contributed by atoms with Gasteiger partial charge in [0.15, 0.2) is 0 Å². The predicted octanol–water partition coefficient (Wildman–Crippen LogP) is -0.0462. The van der Waals surface area contributed by atoms with Gasteiger partial charge in [0, 0.05) is 12.3 Å². The molecule has 1 aromatic heterocycles. The van der Waals surface area contributed by atoms with Crippen molar-refractivity contribution in [3.05, 3.63) is 18.1 Å². The van der Waals surface area contributed by atoms with E-state index < -0.39 is 0 Å². The summed E-state index contributed by atoms with van der Waals surface area (Å²) in [4.78, 5) is 32.2. The topological polar surface area (TPSA) is 89.2 Å². The zero-order valence-corrected chi connectivity index (χ0v) is 8.88. The maximum absolute atomic E-state index is 11.6. The molecule has 2 heterocycles. The van der Waals surface area contributed by atoms with Crippen LogP contribution in [0.15, 0.2) is 12.4 Å². The van der Waals surface area contributed by atoms with E-state index in [-0.39, 0.29) is 30.7 Å². The van der Waals surface area contributed by atoms with Crippen LogP contribution < -0.4 is 5.73 Å². The maximum atomic E-state index is 11.6. The van der Waals surface area contributed by atoms with E-state index in [0.29, 0.717) is 11.5 Å². The largest absolute Gasteiger partial charge is 0.382 e. The van der Waals surface area contributed by atoms with Gasteiger partial charge in [0.1, 0.15) is 5.82 Å². The van der Waals surface area contributed by atoms with E-state index in [2.05, 4.69) is 9.97 Å². The number of likely N-dealkylation sites (tertiary alicyclic amines) is 1. The summed E-state index contributed by atoms with van der Waals surface area (Å²) in [6.45, 7) is 1.92. The van der Waals surface area contributed by atoms with Gasteiger partial charge in [-0.1, -0.05) is 6.92 Å². The molecule has 1 fully saturated rings. The number of anilines is 1. The number of nitrogen functional groups attached to an aromatic ring is 1. The lowest BCUT2D eigenvalue weighted by Gasteiger charge is -2.13. The first-order valence-corrected chi connectivity index (χ1v) is 4.98. The van der Waals surface area contributed by atoms with Crippen molar-refractivity contribution >= 4 is 17.6 Å². The van der Waals surface area contributed by atoms with Gasteiger partial charge in [-0.25, -0.2) is 4.98 Å². The number of hydrogen-bond acceptors (Lipinski definition) is 5. The van der Waals surface area contributed by atoms with Crippen LogP contribution in [0.2, 0.25) is 0 Å². The highest BCUT2D eigenvalue weighted by molar-refractivity contribution is 6.03. The SMILES string of the molecule is CC1CC(=O)N(Cc2cnc(N)cn2)C1=O. The molecule has 1 aromatic rings. The monoisotopic (exact) mass is 220 g/mol. The van der Waals surface area contributed by atoms with Crippen molar-refractivity contribution in [2.24, 2.45) is 5.92 Å². The Morgan fingerprint density at radius 3 is 2.69 bits per heavy atom. The van der Waals surface area contributed by atoms with Crippen LogP contribution in [0.1, 0.15) is 19.0 Å². The molecule has 0 radical (unpaired) electrons. The Kier molecular flexibility index (Phi) is 2.55. The number of rotatable bonds is 2. The van der Waals surface area contributed by atoms with Gasteiger partial charge < -0.3 is 5.73 Å². The molecule has 1 unspecified atom stereocenters. The van der Waals surface area contributed by atoms with Gasteiger partial charge in [-0.2, -0.15) is 0 Å². The number of nitrogens with two attached hydrogens (primary N) is 1. The Morgan fingerprint density at radius 2 is 2.19 bits per heavy atom. The van der Waals surface area contributed by atoms with Gasteiger partial charge in [0.25, 0.3) is 0 Å². The minimum Gasteiger partial charge on any atom is -0.382 e. The lowest BCUT2D eigenvalue weighted by molar-refractivity contribution is -0.140. The number of nitrogens with zero attached hydrogens (tertiary/aromatic N) is 3. The van der Waals surface area contributed by atoms with Crippen LogP contribution >= 0.6 is 0 Å². The van der Waals surface area contributed by atoms with Crippen molar-refractivity contribution in [2.45, 2.75) is 19.9 Å². The standard InChI is InChI=1S/C10H12N4O2/c1-6-2-9(15)14(10(6)16)5-7-3-13-8(11)4-12-7/h3-4,6H,2,5H2,1H3,(H2,11,13). The van der Waals surface area contributed by atoms with Gasteiger partial charge in [0.05, 0.1) is 24.6 Å². The Labute approximate surface area is 92.5 Å². The van der Waals surface area contributed by atoms with Crippen molar-refractivity contribution in [1.29, 1.82) is 0 Å². The summed E-state index contributed by atoms with van der Waals surface area (Å²) >= 11 is 0. The van der Waals surface area contributed by atoms with E-state index in [1.54, 1.807) is 6.92 Å². The van der Waals surface area contributed by atoms with Gasteiger partial charge >= 0.3 is 0 Å². The number of carbonyl (C=O) groups excluding carboxylic acids is 2. The number of aromatic nitrogens is 2. The fourth-order valence-corrected chi connectivity index (χ4v) is 1.62. The van der Waals surface area contributed by atoms with Crippen LogP contribution in [0, 0.1) is 5.92 Å². The first-order chi connectivity index (χ1) is 7.58. The van der Waals surface area contributed by atoms with Gasteiger partial charge in [0.2, 0.25) is 11.8 Å². The van der Waals surface area contributed by atoms with Crippen molar-refractivity contribution < 1.29 is 9.59 Å². The van der Waals surface area contributed by atoms with Gasteiger partial charge in [-0.3, -0.25) is 19.5 Å². The van der Waals surface area contributed by atoms with Crippen molar-refractivity contribution in [3.63, 3.8) is 0 Å². The minimum atomic E-state index is -0.228. The molecule has 2 amide bonds. The van der Waals surface area contributed by atoms with E-state index in [0.717, 1.165) is 0 Å². The van der Waals surface area contributed by atoms with Crippen LogP contribution in [-0.4, -0.2) is 26.7 Å². The second kappa shape index (κ2) is 3.88. The van der Waals surface area contributed by atoms with Crippen molar-refractivity contribution in [2.75, 3.05) is 5.73 Å². The second-order valence-corrected chi connectivity index (χ2v) is 3.86. The second-order valence-electron chi connectivity index (χ2n) is 3.86. The van der Waals surface area contributed by atoms with Crippen molar-refractivity contribution in [1.82, 2.24) is 14.9 Å². The molecular weight excluding hydrogens is 208 g/mol. The van der Waals surface area contributed by atoms with E-state index in [4.69, 9.17) is 5.73 Å². The highest BCUT2D eigenvalue weighted by Gasteiger charge is 2.35. The zero-order chi connectivity index (χ0) is 11.7. The summed E-state index contributed by atoms with van der Waals surface area (Å²) in [5.74, 6) is -0.217. The van der Waals surface area contributed by atoms with Crippen LogP contribution in [0.3, 0.4) is 0 Å². The lowest BCUT2D eigenvalue weighted by Crippen LogP contribution is -2.30. The third-order valence-electron chi connectivity index (χ3n) is 2.51. The highest BCUT2D eigenvalue weighted by atomic mass is 16.2. The fraction of sp³-hybridized carbons (Fsp3) is 0.400. The summed E-state index contributed by atoms with van der Waals surface area (Å²) in [7, 11) is 0. The summed E-state index contributed by atoms with van der Waals surface area (Å²) in [6, 6.07) is 0. The van der Waals surface area contributed by atoms with Gasteiger partial charge in [-0.15, -0.1) is 0 Å². The summed E-state index contributed by atoms with van der Waals surface area (Å²) in [5, 5.41) is 0. The van der Waals surface area contributed by atoms with E-state index >= 15 is 0 Å². The number of carbonyl (C=O) groups is 2. The molecule has 1 aliphatic rings. The Bertz CT molecular complexity index is 429. The summed E-state index contributed by atoms with van der Waals surface area (Å²) in [5.41, 5.74) is 5.95. The first-order valence-electron chi connectivity index (χ1n) is 4.98. The maximum Gasteiger partial charge on any atom is 0.232 e. The molecule has 2 rings (SSSR count). The third-order valence-corrected chi connectivity index (χ3v) is 2.51. The van der Waals surface area contributed by atoms with E-state index in [9.17, 15) is 9.59 Å². The number of amides is 2. The molecule has 1 aliphatic heterocycles. The quantitative estimate of drug-likeness (QED) is 0.706. The molecule has 0 aliphatic carbocycles. The molecule has 1 saturated heterocycles. The third kappa shape index (κ3) is 1.86. The molecule has 2 N–H and O–H groups in total. The summed E-state index contributed by atoms with van der Waals surface area (Å²) < 4.78 is 0. The molecule has 6 nitrogen and oxygen atoms in total. The summed E-state index contributed by atoms with van der Waals surface area (Å²) in [6.07, 6.45) is 3.16. The fourth-order valence-electron chi connectivity index (χ4n) is 1.62. The van der Waals surface area contributed by atoms with Crippen LogP contribution in [0.25, 0.3) is 0 Å². The zero-order valence-electron chi connectivity index (χ0n) is 8.88. The Hall–Kier alpha value is -1.98. The molecule has 0 saturated carbocycles. The molecule has 16 heavy (non-hydrogen) atoms. The number of imide groups is 1. The van der Waals surface area contributed by atoms with E-state index in [1.807, 2.05) is 0 Å².